The zero-order valence-electron chi connectivity index (χ0n) is 8.70. The van der Waals surface area contributed by atoms with Crippen LogP contribution >= 0.6 is 0 Å². The van der Waals surface area contributed by atoms with E-state index in [0.29, 0.717) is 0 Å². The van der Waals surface area contributed by atoms with Crippen molar-refractivity contribution in [3.63, 3.8) is 0 Å². The Hall–Kier alpha value is -1.16. The highest BCUT2D eigenvalue weighted by molar-refractivity contribution is 5.38. The minimum atomic E-state index is 0.170. The molecule has 1 aliphatic rings. The fourth-order valence-corrected chi connectivity index (χ4v) is 1.81. The molecule has 0 amide bonds. The second-order valence-corrected chi connectivity index (χ2v) is 4.30. The summed E-state index contributed by atoms with van der Waals surface area (Å²) in [6.45, 7) is 7.43. The molecule has 0 unspecified atom stereocenters. The SMILES string of the molecule is CC1(C)CN(c2ccncn2)CCN1. The minimum Gasteiger partial charge on any atom is -0.353 e. The maximum Gasteiger partial charge on any atom is 0.132 e. The Morgan fingerprint density at radius 3 is 3.00 bits per heavy atom. The quantitative estimate of drug-likeness (QED) is 0.710. The van der Waals surface area contributed by atoms with Crippen molar-refractivity contribution >= 4 is 5.82 Å². The first-order valence-corrected chi connectivity index (χ1v) is 4.93. The molecule has 1 fully saturated rings. The van der Waals surface area contributed by atoms with Gasteiger partial charge in [0.05, 0.1) is 0 Å². The van der Waals surface area contributed by atoms with E-state index in [2.05, 4.69) is 34.0 Å². The maximum atomic E-state index is 4.26. The van der Waals surface area contributed by atoms with Gasteiger partial charge in [0, 0.05) is 31.4 Å². The van der Waals surface area contributed by atoms with Crippen LogP contribution in [0.4, 0.5) is 5.82 Å². The van der Waals surface area contributed by atoms with Crippen LogP contribution in [-0.4, -0.2) is 35.1 Å². The first-order chi connectivity index (χ1) is 6.67. The normalized spacial score (nSPS) is 20.9. The van der Waals surface area contributed by atoms with E-state index in [1.165, 1.54) is 0 Å². The van der Waals surface area contributed by atoms with E-state index in [9.17, 15) is 0 Å². The third-order valence-electron chi connectivity index (χ3n) is 2.46. The Morgan fingerprint density at radius 1 is 1.50 bits per heavy atom. The van der Waals surface area contributed by atoms with Crippen LogP contribution in [-0.2, 0) is 0 Å². The molecule has 4 heteroatoms. The number of nitrogens with one attached hydrogen (secondary N) is 1. The van der Waals surface area contributed by atoms with Gasteiger partial charge in [-0.15, -0.1) is 0 Å². The van der Waals surface area contributed by atoms with Crippen LogP contribution in [0.1, 0.15) is 13.8 Å². The highest BCUT2D eigenvalue weighted by Gasteiger charge is 2.26. The average Bonchev–Trinajstić information content (AvgIpc) is 2.18. The molecule has 2 rings (SSSR count). The molecule has 0 saturated carbocycles. The Morgan fingerprint density at radius 2 is 2.36 bits per heavy atom. The smallest absolute Gasteiger partial charge is 0.132 e. The lowest BCUT2D eigenvalue weighted by molar-refractivity contribution is 0.351. The summed E-state index contributed by atoms with van der Waals surface area (Å²) in [4.78, 5) is 10.5. The minimum absolute atomic E-state index is 0.170. The summed E-state index contributed by atoms with van der Waals surface area (Å²) in [6, 6.07) is 1.96. The first kappa shape index (κ1) is 9.40. The largest absolute Gasteiger partial charge is 0.353 e. The molecule has 14 heavy (non-hydrogen) atoms. The van der Waals surface area contributed by atoms with Gasteiger partial charge >= 0.3 is 0 Å². The monoisotopic (exact) mass is 192 g/mol. The average molecular weight is 192 g/mol. The Balaban J connectivity index is 2.12. The van der Waals surface area contributed by atoms with Gasteiger partial charge in [-0.3, -0.25) is 0 Å². The van der Waals surface area contributed by atoms with Gasteiger partial charge in [0.25, 0.3) is 0 Å². The third-order valence-corrected chi connectivity index (χ3v) is 2.46. The van der Waals surface area contributed by atoms with E-state index in [0.717, 1.165) is 25.5 Å². The first-order valence-electron chi connectivity index (χ1n) is 4.93. The molecule has 0 aliphatic carbocycles. The van der Waals surface area contributed by atoms with Crippen LogP contribution < -0.4 is 10.2 Å². The van der Waals surface area contributed by atoms with Crippen LogP contribution in [0.15, 0.2) is 18.6 Å². The number of hydrogen-bond donors (Lipinski definition) is 1. The van der Waals surface area contributed by atoms with E-state index in [-0.39, 0.29) is 5.54 Å². The fraction of sp³-hybridized carbons (Fsp3) is 0.600. The molecule has 0 bridgehead atoms. The molecule has 2 heterocycles. The lowest BCUT2D eigenvalue weighted by Crippen LogP contribution is -2.57. The predicted molar refractivity (Wildman–Crippen MR) is 56.3 cm³/mol. The van der Waals surface area contributed by atoms with Crippen LogP contribution in [0.25, 0.3) is 0 Å². The summed E-state index contributed by atoms with van der Waals surface area (Å²) in [6.07, 6.45) is 3.39. The molecule has 0 spiro atoms. The van der Waals surface area contributed by atoms with Crippen molar-refractivity contribution in [3.8, 4) is 0 Å². The summed E-state index contributed by atoms with van der Waals surface area (Å²) in [5.74, 6) is 1.02. The van der Waals surface area contributed by atoms with Crippen molar-refractivity contribution < 1.29 is 0 Å². The number of piperazine rings is 1. The van der Waals surface area contributed by atoms with Crippen molar-refractivity contribution in [2.75, 3.05) is 24.5 Å². The Bertz CT molecular complexity index is 296. The van der Waals surface area contributed by atoms with Crippen molar-refractivity contribution in [3.05, 3.63) is 18.6 Å². The molecule has 0 radical (unpaired) electrons. The van der Waals surface area contributed by atoms with Crippen LogP contribution in [0.5, 0.6) is 0 Å². The van der Waals surface area contributed by atoms with Gasteiger partial charge in [-0.25, -0.2) is 9.97 Å². The highest BCUT2D eigenvalue weighted by Crippen LogP contribution is 2.16. The zero-order valence-corrected chi connectivity index (χ0v) is 8.70. The third kappa shape index (κ3) is 2.01. The molecule has 76 valence electrons. The molecule has 1 N–H and O–H groups in total. The van der Waals surface area contributed by atoms with E-state index in [1.54, 1.807) is 12.5 Å². The van der Waals surface area contributed by atoms with Crippen molar-refractivity contribution in [2.45, 2.75) is 19.4 Å². The van der Waals surface area contributed by atoms with Crippen molar-refractivity contribution in [1.29, 1.82) is 0 Å². The number of aromatic nitrogens is 2. The van der Waals surface area contributed by atoms with Gasteiger partial charge < -0.3 is 10.2 Å². The molecule has 1 aliphatic heterocycles. The molecule has 1 aromatic rings. The van der Waals surface area contributed by atoms with Crippen LogP contribution in [0, 0.1) is 0 Å². The standard InChI is InChI=1S/C10H16N4/c1-10(2)7-14(6-5-13-10)9-3-4-11-8-12-9/h3-4,8,13H,5-7H2,1-2H3. The van der Waals surface area contributed by atoms with Gasteiger partial charge in [0.2, 0.25) is 0 Å². The molecule has 0 aromatic carbocycles. The summed E-state index contributed by atoms with van der Waals surface area (Å²) in [5, 5.41) is 3.47. The molecular weight excluding hydrogens is 176 g/mol. The van der Waals surface area contributed by atoms with Crippen molar-refractivity contribution in [1.82, 2.24) is 15.3 Å². The Labute approximate surface area is 84.4 Å². The molecule has 1 saturated heterocycles. The van der Waals surface area contributed by atoms with Crippen LogP contribution in [0.3, 0.4) is 0 Å². The van der Waals surface area contributed by atoms with Crippen molar-refractivity contribution in [2.24, 2.45) is 0 Å². The Kier molecular flexibility index (Phi) is 2.37. The molecule has 0 atom stereocenters. The van der Waals surface area contributed by atoms with Crippen LogP contribution in [0.2, 0.25) is 0 Å². The second kappa shape index (κ2) is 3.53. The molecule has 4 nitrogen and oxygen atoms in total. The number of anilines is 1. The summed E-state index contributed by atoms with van der Waals surface area (Å²) in [7, 11) is 0. The maximum absolute atomic E-state index is 4.26. The number of rotatable bonds is 1. The van der Waals surface area contributed by atoms with E-state index >= 15 is 0 Å². The fourth-order valence-electron chi connectivity index (χ4n) is 1.81. The number of nitrogens with zero attached hydrogens (tertiary/aromatic N) is 3. The van der Waals surface area contributed by atoms with E-state index in [4.69, 9.17) is 0 Å². The van der Waals surface area contributed by atoms with Gasteiger partial charge in [-0.05, 0) is 19.9 Å². The summed E-state index contributed by atoms with van der Waals surface area (Å²) < 4.78 is 0. The van der Waals surface area contributed by atoms with Gasteiger partial charge in [0.15, 0.2) is 0 Å². The molecule has 1 aromatic heterocycles. The summed E-state index contributed by atoms with van der Waals surface area (Å²) in [5.41, 5.74) is 0.170. The topological polar surface area (TPSA) is 41.1 Å². The number of hydrogen-bond acceptors (Lipinski definition) is 4. The van der Waals surface area contributed by atoms with E-state index < -0.39 is 0 Å². The highest BCUT2D eigenvalue weighted by atomic mass is 15.3. The predicted octanol–water partition coefficient (Wildman–Crippen LogP) is 0.665. The second-order valence-electron chi connectivity index (χ2n) is 4.30. The van der Waals surface area contributed by atoms with Gasteiger partial charge in [0.1, 0.15) is 12.1 Å². The van der Waals surface area contributed by atoms with E-state index in [1.807, 2.05) is 6.07 Å². The summed E-state index contributed by atoms with van der Waals surface area (Å²) >= 11 is 0. The molecular formula is C10H16N4. The van der Waals surface area contributed by atoms with Gasteiger partial charge in [-0.1, -0.05) is 0 Å². The lowest BCUT2D eigenvalue weighted by atomic mass is 10.0. The van der Waals surface area contributed by atoms with Gasteiger partial charge in [-0.2, -0.15) is 0 Å². The zero-order chi connectivity index (χ0) is 10.0. The lowest BCUT2D eigenvalue weighted by Gasteiger charge is -2.39.